The van der Waals surface area contributed by atoms with E-state index in [0.717, 1.165) is 45.1 Å². The van der Waals surface area contributed by atoms with Gasteiger partial charge in [-0.05, 0) is 69.8 Å². The molecular formula is C26H39N3O3. The molecule has 1 aromatic carbocycles. The Hall–Kier alpha value is -1.92. The van der Waals surface area contributed by atoms with Crippen LogP contribution in [0.4, 0.5) is 0 Å². The highest BCUT2D eigenvalue weighted by atomic mass is 16.5. The number of fused-ring (bicyclic) bond motifs is 2. The molecule has 6 nitrogen and oxygen atoms in total. The minimum absolute atomic E-state index is 0.0130. The molecule has 2 amide bonds. The molecule has 6 atom stereocenters. The van der Waals surface area contributed by atoms with Gasteiger partial charge in [-0.3, -0.25) is 14.5 Å². The second kappa shape index (κ2) is 9.52. The van der Waals surface area contributed by atoms with Gasteiger partial charge in [0.05, 0.1) is 6.61 Å². The van der Waals surface area contributed by atoms with Crippen molar-refractivity contribution in [3.63, 3.8) is 0 Å². The zero-order valence-electron chi connectivity index (χ0n) is 19.8. The molecule has 4 rings (SSSR count). The summed E-state index contributed by atoms with van der Waals surface area (Å²) >= 11 is 0. The van der Waals surface area contributed by atoms with Crippen LogP contribution in [0.15, 0.2) is 24.3 Å². The fraction of sp³-hybridized carbons (Fsp3) is 0.692. The number of benzene rings is 1. The van der Waals surface area contributed by atoms with Crippen LogP contribution in [-0.4, -0.2) is 48.6 Å². The van der Waals surface area contributed by atoms with Crippen molar-refractivity contribution in [1.82, 2.24) is 10.2 Å². The fourth-order valence-electron chi connectivity index (χ4n) is 6.28. The van der Waals surface area contributed by atoms with E-state index >= 15 is 0 Å². The lowest BCUT2D eigenvalue weighted by atomic mass is 9.58. The normalized spacial score (nSPS) is 34.0. The van der Waals surface area contributed by atoms with E-state index in [1.807, 2.05) is 0 Å². The first-order chi connectivity index (χ1) is 15.3. The van der Waals surface area contributed by atoms with Gasteiger partial charge in [-0.25, -0.2) is 0 Å². The van der Waals surface area contributed by atoms with Crippen molar-refractivity contribution in [2.75, 3.05) is 19.7 Å². The largest absolute Gasteiger partial charge is 0.369 e. The molecule has 2 bridgehead atoms. The van der Waals surface area contributed by atoms with Crippen LogP contribution in [0.3, 0.4) is 0 Å². The van der Waals surface area contributed by atoms with E-state index in [1.54, 1.807) is 0 Å². The molecule has 0 spiro atoms. The number of nitrogens with two attached hydrogens (primary N) is 1. The van der Waals surface area contributed by atoms with Crippen LogP contribution in [0.25, 0.3) is 0 Å². The maximum atomic E-state index is 13.2. The lowest BCUT2D eigenvalue weighted by Crippen LogP contribution is -2.56. The molecule has 0 aromatic heterocycles. The Morgan fingerprint density at radius 2 is 2.00 bits per heavy atom. The van der Waals surface area contributed by atoms with E-state index in [-0.39, 0.29) is 23.9 Å². The van der Waals surface area contributed by atoms with E-state index in [0.29, 0.717) is 25.0 Å². The van der Waals surface area contributed by atoms with Gasteiger partial charge >= 0.3 is 0 Å². The predicted octanol–water partition coefficient (Wildman–Crippen LogP) is 3.33. The van der Waals surface area contributed by atoms with Crippen LogP contribution in [0, 0.1) is 24.2 Å². The molecular weight excluding hydrogens is 402 g/mol. The van der Waals surface area contributed by atoms with Crippen molar-refractivity contribution in [2.45, 2.75) is 77.5 Å². The van der Waals surface area contributed by atoms with Gasteiger partial charge in [0.2, 0.25) is 5.91 Å². The van der Waals surface area contributed by atoms with Crippen LogP contribution in [0.2, 0.25) is 0 Å². The van der Waals surface area contributed by atoms with Crippen molar-refractivity contribution in [3.05, 3.63) is 35.4 Å². The third-order valence-corrected chi connectivity index (χ3v) is 8.45. The smallest absolute Gasteiger partial charge is 0.250 e. The third-order valence-electron chi connectivity index (χ3n) is 8.45. The first-order valence-corrected chi connectivity index (χ1v) is 12.3. The Morgan fingerprint density at radius 3 is 2.69 bits per heavy atom. The highest BCUT2D eigenvalue weighted by molar-refractivity contribution is 5.82. The van der Waals surface area contributed by atoms with Gasteiger partial charge in [-0.2, -0.15) is 0 Å². The zero-order chi connectivity index (χ0) is 22.9. The first-order valence-electron chi connectivity index (χ1n) is 12.3. The maximum absolute atomic E-state index is 13.2. The summed E-state index contributed by atoms with van der Waals surface area (Å²) in [6.07, 6.45) is 5.16. The van der Waals surface area contributed by atoms with Crippen LogP contribution >= 0.6 is 0 Å². The van der Waals surface area contributed by atoms with Gasteiger partial charge in [0.15, 0.2) is 0 Å². The fourth-order valence-corrected chi connectivity index (χ4v) is 6.28. The minimum atomic E-state index is -0.454. The van der Waals surface area contributed by atoms with E-state index < -0.39 is 11.5 Å². The van der Waals surface area contributed by atoms with E-state index in [1.165, 1.54) is 11.1 Å². The molecule has 3 N–H and O–H groups in total. The molecule has 2 saturated carbocycles. The number of morpholine rings is 1. The average Bonchev–Trinajstić information content (AvgIpc) is 2.80. The molecule has 3 fully saturated rings. The monoisotopic (exact) mass is 441 g/mol. The molecule has 1 aliphatic heterocycles. The summed E-state index contributed by atoms with van der Waals surface area (Å²) in [4.78, 5) is 27.8. The summed E-state index contributed by atoms with van der Waals surface area (Å²) in [5.74, 6) is 0.690. The lowest BCUT2D eigenvalue weighted by molar-refractivity contribution is -0.142. The summed E-state index contributed by atoms with van der Waals surface area (Å²) in [6, 6.07) is 8.97. The topological polar surface area (TPSA) is 84.7 Å². The number of hydrogen-bond donors (Lipinski definition) is 2. The highest BCUT2D eigenvalue weighted by Crippen LogP contribution is 2.50. The van der Waals surface area contributed by atoms with Gasteiger partial charge in [0, 0.05) is 30.6 Å². The second-order valence-electron chi connectivity index (χ2n) is 10.4. The number of nitrogens with one attached hydrogen (secondary N) is 1. The molecule has 1 heterocycles. The number of rotatable bonds is 6. The minimum Gasteiger partial charge on any atom is -0.369 e. The van der Waals surface area contributed by atoms with E-state index in [2.05, 4.69) is 55.3 Å². The lowest BCUT2D eigenvalue weighted by Gasteiger charge is -2.48. The third kappa shape index (κ3) is 4.72. The number of aryl methyl sites for hydroxylation is 1. The molecule has 6 unspecified atom stereocenters. The number of hydrogen-bond acceptors (Lipinski definition) is 4. The molecule has 3 aliphatic rings. The molecule has 176 valence electrons. The van der Waals surface area contributed by atoms with Gasteiger partial charge in [-0.15, -0.1) is 0 Å². The van der Waals surface area contributed by atoms with Gasteiger partial charge in [0.25, 0.3) is 5.91 Å². The average molecular weight is 442 g/mol. The Labute approximate surface area is 192 Å². The first kappa shape index (κ1) is 23.2. The molecule has 1 saturated heterocycles. The number of nitrogens with zero attached hydrogens (tertiary/aromatic N) is 1. The molecule has 0 radical (unpaired) electrons. The number of ether oxygens (including phenoxy) is 1. The van der Waals surface area contributed by atoms with E-state index in [9.17, 15) is 9.59 Å². The Kier molecular flexibility index (Phi) is 6.91. The summed E-state index contributed by atoms with van der Waals surface area (Å²) in [7, 11) is 0. The van der Waals surface area contributed by atoms with Crippen molar-refractivity contribution in [2.24, 2.45) is 23.0 Å². The molecule has 6 heteroatoms. The van der Waals surface area contributed by atoms with Crippen LogP contribution < -0.4 is 11.1 Å². The summed E-state index contributed by atoms with van der Waals surface area (Å²) < 4.78 is 5.89. The maximum Gasteiger partial charge on any atom is 0.250 e. The Balaban J connectivity index is 1.38. The van der Waals surface area contributed by atoms with Crippen molar-refractivity contribution < 1.29 is 14.3 Å². The van der Waals surface area contributed by atoms with E-state index in [4.69, 9.17) is 10.5 Å². The van der Waals surface area contributed by atoms with Crippen molar-refractivity contribution >= 4 is 11.8 Å². The second-order valence-corrected chi connectivity index (χ2v) is 10.4. The van der Waals surface area contributed by atoms with Crippen molar-refractivity contribution in [1.29, 1.82) is 0 Å². The summed E-state index contributed by atoms with van der Waals surface area (Å²) in [5, 5.41) is 3.31. The van der Waals surface area contributed by atoms with Crippen LogP contribution in [-0.2, 0) is 14.3 Å². The SMILES string of the molecule is CCC1(C(N)=O)CC2CCC(NC(=O)C3CN(C(C)c4ccc(C)cc4)CCO3)C(C2)C1. The van der Waals surface area contributed by atoms with Gasteiger partial charge in [-0.1, -0.05) is 36.8 Å². The quantitative estimate of drug-likeness (QED) is 0.709. The van der Waals surface area contributed by atoms with Crippen LogP contribution in [0.5, 0.6) is 0 Å². The molecule has 2 aliphatic carbocycles. The van der Waals surface area contributed by atoms with Gasteiger partial charge < -0.3 is 15.8 Å². The Morgan fingerprint density at radius 1 is 1.25 bits per heavy atom. The van der Waals surface area contributed by atoms with Gasteiger partial charge in [0.1, 0.15) is 6.10 Å². The summed E-state index contributed by atoms with van der Waals surface area (Å²) in [6.45, 7) is 8.34. The molecule has 32 heavy (non-hydrogen) atoms. The molecule has 1 aromatic rings. The standard InChI is InChI=1S/C26H39N3O3/c1-4-26(25(27)31)14-19-7-10-22(21(13-19)15-26)28-24(30)23-16-29(11-12-32-23)18(3)20-8-5-17(2)6-9-20/h5-6,8-9,18-19,21-23H,4,7,10-16H2,1-3H3,(H2,27,31)(H,28,30). The number of carbonyl (C=O) groups excluding carboxylic acids is 2. The zero-order valence-corrected chi connectivity index (χ0v) is 19.8. The van der Waals surface area contributed by atoms with Crippen LogP contribution in [0.1, 0.15) is 69.5 Å². The number of amides is 2. The van der Waals surface area contributed by atoms with Crippen molar-refractivity contribution in [3.8, 4) is 0 Å². The highest BCUT2D eigenvalue weighted by Gasteiger charge is 2.48. The number of primary amides is 1. The number of carbonyl (C=O) groups is 2. The summed E-state index contributed by atoms with van der Waals surface area (Å²) in [5.41, 5.74) is 7.94. The Bertz CT molecular complexity index is 826. The predicted molar refractivity (Wildman–Crippen MR) is 125 cm³/mol.